The lowest BCUT2D eigenvalue weighted by Crippen LogP contribution is -2.39. The summed E-state index contributed by atoms with van der Waals surface area (Å²) in [5, 5.41) is 5.55. The first-order chi connectivity index (χ1) is 14.1. The van der Waals surface area contributed by atoms with Gasteiger partial charge >= 0.3 is 0 Å². The van der Waals surface area contributed by atoms with E-state index in [9.17, 15) is 14.0 Å². The van der Waals surface area contributed by atoms with Crippen LogP contribution < -0.4 is 20.1 Å². The average molecular weight is 416 g/mol. The first-order valence-electron chi connectivity index (χ1n) is 9.68. The second kappa shape index (κ2) is 10.1. The molecule has 0 saturated heterocycles. The molecule has 2 aromatic rings. The molecular weight excluding hydrogens is 387 g/mol. The topological polar surface area (TPSA) is 76.7 Å². The van der Waals surface area contributed by atoms with Crippen LogP contribution in [0.2, 0.25) is 0 Å². The monoisotopic (exact) mass is 416 g/mol. The minimum absolute atomic E-state index is 0.0603. The van der Waals surface area contributed by atoms with Gasteiger partial charge in [0.2, 0.25) is 5.91 Å². The normalized spacial score (nSPS) is 12.1. The lowest BCUT2D eigenvalue weighted by molar-refractivity contribution is -0.121. The van der Waals surface area contributed by atoms with Gasteiger partial charge in [0.1, 0.15) is 5.82 Å². The summed E-state index contributed by atoms with van der Waals surface area (Å²) in [6.45, 7) is 6.01. The second-order valence-electron chi connectivity index (χ2n) is 8.19. The molecule has 6 nitrogen and oxygen atoms in total. The molecule has 1 atom stereocenters. The highest BCUT2D eigenvalue weighted by Gasteiger charge is 2.22. The summed E-state index contributed by atoms with van der Waals surface area (Å²) in [4.78, 5) is 24.9. The number of carbonyl (C=O) groups is 2. The Kier molecular flexibility index (Phi) is 7.80. The molecule has 0 heterocycles. The number of benzene rings is 2. The molecule has 0 aliphatic carbocycles. The molecule has 162 valence electrons. The van der Waals surface area contributed by atoms with Crippen LogP contribution in [0.5, 0.6) is 11.5 Å². The van der Waals surface area contributed by atoms with Crippen LogP contribution >= 0.6 is 0 Å². The maximum Gasteiger partial charge on any atom is 0.251 e. The van der Waals surface area contributed by atoms with Crippen molar-refractivity contribution in [2.45, 2.75) is 33.2 Å². The van der Waals surface area contributed by atoms with Gasteiger partial charge in [0.05, 0.1) is 26.8 Å². The van der Waals surface area contributed by atoms with Crippen molar-refractivity contribution in [3.05, 3.63) is 59.4 Å². The third kappa shape index (κ3) is 6.76. The quantitative estimate of drug-likeness (QED) is 0.685. The smallest absolute Gasteiger partial charge is 0.251 e. The zero-order chi connectivity index (χ0) is 22.3. The van der Waals surface area contributed by atoms with Crippen molar-refractivity contribution < 1.29 is 23.5 Å². The molecule has 0 aliphatic rings. The average Bonchev–Trinajstić information content (AvgIpc) is 2.70. The fourth-order valence-corrected chi connectivity index (χ4v) is 3.05. The molecule has 2 rings (SSSR count). The summed E-state index contributed by atoms with van der Waals surface area (Å²) in [5.41, 5.74) is 1.10. The van der Waals surface area contributed by atoms with Gasteiger partial charge in [-0.1, -0.05) is 32.9 Å². The number of rotatable bonds is 8. The highest BCUT2D eigenvalue weighted by atomic mass is 19.1. The van der Waals surface area contributed by atoms with E-state index in [1.54, 1.807) is 30.3 Å². The van der Waals surface area contributed by atoms with Crippen LogP contribution in [0.1, 0.15) is 49.2 Å². The molecule has 2 amide bonds. The zero-order valence-electron chi connectivity index (χ0n) is 18.0. The number of methoxy groups -OCH3 is 2. The number of hydrogen-bond donors (Lipinski definition) is 2. The zero-order valence-corrected chi connectivity index (χ0v) is 18.0. The van der Waals surface area contributed by atoms with Gasteiger partial charge in [0.15, 0.2) is 11.5 Å². The van der Waals surface area contributed by atoms with Gasteiger partial charge in [-0.3, -0.25) is 9.59 Å². The van der Waals surface area contributed by atoms with Crippen molar-refractivity contribution in [1.82, 2.24) is 10.6 Å². The van der Waals surface area contributed by atoms with Crippen LogP contribution in [-0.4, -0.2) is 32.6 Å². The van der Waals surface area contributed by atoms with Crippen LogP contribution in [0.4, 0.5) is 4.39 Å². The fraction of sp³-hybridized carbons (Fsp3) is 0.391. The predicted octanol–water partition coefficient (Wildman–Crippen LogP) is 3.87. The summed E-state index contributed by atoms with van der Waals surface area (Å²) in [6, 6.07) is 10.5. The van der Waals surface area contributed by atoms with E-state index in [0.717, 1.165) is 5.56 Å². The van der Waals surface area contributed by atoms with Crippen molar-refractivity contribution in [2.24, 2.45) is 5.41 Å². The van der Waals surface area contributed by atoms with Crippen LogP contribution in [0.15, 0.2) is 42.5 Å². The van der Waals surface area contributed by atoms with Crippen LogP contribution in [-0.2, 0) is 4.79 Å². The van der Waals surface area contributed by atoms with E-state index in [1.165, 1.54) is 26.4 Å². The SMILES string of the molecule is COc1ccc(C(=O)NCC(=O)NC(CC(C)(C)C)c2ccc(F)cc2)cc1OC. The van der Waals surface area contributed by atoms with E-state index >= 15 is 0 Å². The second-order valence-corrected chi connectivity index (χ2v) is 8.19. The third-order valence-corrected chi connectivity index (χ3v) is 4.48. The van der Waals surface area contributed by atoms with E-state index in [-0.39, 0.29) is 29.7 Å². The van der Waals surface area contributed by atoms with Gasteiger partial charge in [0, 0.05) is 5.56 Å². The number of halogens is 1. The maximum atomic E-state index is 13.3. The minimum Gasteiger partial charge on any atom is -0.493 e. The molecule has 0 fully saturated rings. The lowest BCUT2D eigenvalue weighted by Gasteiger charge is -2.27. The highest BCUT2D eigenvalue weighted by molar-refractivity contribution is 5.97. The number of amides is 2. The van der Waals surface area contributed by atoms with Crippen molar-refractivity contribution in [1.29, 1.82) is 0 Å². The van der Waals surface area contributed by atoms with Gasteiger partial charge in [-0.2, -0.15) is 0 Å². The molecule has 0 aromatic heterocycles. The summed E-state index contributed by atoms with van der Waals surface area (Å²) < 4.78 is 23.6. The van der Waals surface area contributed by atoms with E-state index in [0.29, 0.717) is 23.5 Å². The summed E-state index contributed by atoms with van der Waals surface area (Å²) in [6.07, 6.45) is 0.661. The van der Waals surface area contributed by atoms with E-state index in [4.69, 9.17) is 9.47 Å². The van der Waals surface area contributed by atoms with E-state index in [1.807, 2.05) is 0 Å². The Balaban J connectivity index is 2.03. The number of nitrogens with one attached hydrogen (secondary N) is 2. The summed E-state index contributed by atoms with van der Waals surface area (Å²) >= 11 is 0. The molecule has 2 N–H and O–H groups in total. The van der Waals surface area contributed by atoms with Gasteiger partial charge in [-0.15, -0.1) is 0 Å². The first kappa shape index (κ1) is 23.2. The fourth-order valence-electron chi connectivity index (χ4n) is 3.05. The molecule has 30 heavy (non-hydrogen) atoms. The molecule has 1 unspecified atom stereocenters. The molecule has 0 saturated carbocycles. The molecule has 2 aromatic carbocycles. The minimum atomic E-state index is -0.403. The molecule has 0 spiro atoms. The summed E-state index contributed by atoms with van der Waals surface area (Å²) in [5.74, 6) is -0.128. The Labute approximate surface area is 176 Å². The standard InChI is InChI=1S/C23H29FN2O4/c1-23(2,3)13-18(15-6-9-17(24)10-7-15)26-21(27)14-25-22(28)16-8-11-19(29-4)20(12-16)30-5/h6-12,18H,13-14H2,1-5H3,(H,25,28)(H,26,27). The Morgan fingerprint density at radius 2 is 1.63 bits per heavy atom. The van der Waals surface area contributed by atoms with Crippen LogP contribution in [0.3, 0.4) is 0 Å². The van der Waals surface area contributed by atoms with Gasteiger partial charge in [0.25, 0.3) is 5.91 Å². The lowest BCUT2D eigenvalue weighted by atomic mass is 9.85. The Morgan fingerprint density at radius 3 is 2.20 bits per heavy atom. The largest absolute Gasteiger partial charge is 0.493 e. The number of carbonyl (C=O) groups excluding carboxylic acids is 2. The molecular formula is C23H29FN2O4. The number of hydrogen-bond acceptors (Lipinski definition) is 4. The molecule has 7 heteroatoms. The molecule has 0 bridgehead atoms. The van der Waals surface area contributed by atoms with Crippen molar-refractivity contribution in [2.75, 3.05) is 20.8 Å². The highest BCUT2D eigenvalue weighted by Crippen LogP contribution is 2.30. The Morgan fingerprint density at radius 1 is 1.00 bits per heavy atom. The van der Waals surface area contributed by atoms with E-state index < -0.39 is 5.91 Å². The third-order valence-electron chi connectivity index (χ3n) is 4.48. The van der Waals surface area contributed by atoms with E-state index in [2.05, 4.69) is 31.4 Å². The van der Waals surface area contributed by atoms with Gasteiger partial charge < -0.3 is 20.1 Å². The summed E-state index contributed by atoms with van der Waals surface area (Å²) in [7, 11) is 2.99. The Hall–Kier alpha value is -3.09. The predicted molar refractivity (Wildman–Crippen MR) is 113 cm³/mol. The number of ether oxygens (including phenoxy) is 2. The first-order valence-corrected chi connectivity index (χ1v) is 9.68. The van der Waals surface area contributed by atoms with Crippen molar-refractivity contribution in [3.63, 3.8) is 0 Å². The van der Waals surface area contributed by atoms with Gasteiger partial charge in [-0.05, 0) is 47.7 Å². The van der Waals surface area contributed by atoms with Crippen LogP contribution in [0.25, 0.3) is 0 Å². The Bertz CT molecular complexity index is 876. The van der Waals surface area contributed by atoms with Crippen LogP contribution in [0, 0.1) is 11.2 Å². The molecule has 0 radical (unpaired) electrons. The van der Waals surface area contributed by atoms with Crippen molar-refractivity contribution in [3.8, 4) is 11.5 Å². The molecule has 0 aliphatic heterocycles. The maximum absolute atomic E-state index is 13.3. The van der Waals surface area contributed by atoms with Gasteiger partial charge in [-0.25, -0.2) is 4.39 Å². The van der Waals surface area contributed by atoms with Crippen molar-refractivity contribution >= 4 is 11.8 Å².